The molecule has 3 N–H and O–H groups in total. The van der Waals surface area contributed by atoms with Crippen LogP contribution in [0.15, 0.2) is 45.5 Å². The van der Waals surface area contributed by atoms with Crippen LogP contribution in [0.4, 0.5) is 5.82 Å². The van der Waals surface area contributed by atoms with Crippen LogP contribution in [0.5, 0.6) is 0 Å². The standard InChI is InChI=1S/C18H17N11O2S/c1-28-9-20-24-18(28)32-8-13-14(22-27-29(13)16-15(19)25-31-26-16)17(30)23-21-12-7-6-10-4-2-3-5-11(10)12/h2-5,9H,6-8H2,1H3,(H2,19,25)(H,23,30). The molecule has 1 aromatic carbocycles. The number of amides is 1. The first-order valence-electron chi connectivity index (χ1n) is 9.56. The first-order valence-corrected chi connectivity index (χ1v) is 10.6. The number of aryl methyl sites for hydroxylation is 2. The molecule has 0 atom stereocenters. The number of hydrazone groups is 1. The highest BCUT2D eigenvalue weighted by Gasteiger charge is 2.25. The van der Waals surface area contributed by atoms with Crippen LogP contribution in [0.1, 0.15) is 33.7 Å². The molecule has 0 bridgehead atoms. The van der Waals surface area contributed by atoms with Crippen molar-refractivity contribution < 1.29 is 9.42 Å². The summed E-state index contributed by atoms with van der Waals surface area (Å²) in [7, 11) is 1.82. The topological polar surface area (TPSA) is 168 Å². The smallest absolute Gasteiger partial charge is 0.293 e. The van der Waals surface area contributed by atoms with Gasteiger partial charge in [0.2, 0.25) is 11.6 Å². The zero-order chi connectivity index (χ0) is 22.1. The number of aromatic nitrogens is 8. The van der Waals surface area contributed by atoms with Crippen LogP contribution in [-0.4, -0.2) is 51.7 Å². The number of nitrogens with two attached hydrogens (primary N) is 1. The van der Waals surface area contributed by atoms with E-state index in [2.05, 4.69) is 52.0 Å². The number of hydrogen-bond donors (Lipinski definition) is 2. The van der Waals surface area contributed by atoms with Gasteiger partial charge in [0.05, 0.1) is 11.4 Å². The molecule has 14 heteroatoms. The predicted octanol–water partition coefficient (Wildman–Crippen LogP) is 0.734. The first-order chi connectivity index (χ1) is 15.6. The van der Waals surface area contributed by atoms with E-state index in [1.807, 2.05) is 25.2 Å². The fourth-order valence-corrected chi connectivity index (χ4v) is 4.23. The SMILES string of the molecule is Cn1cnnc1SCc1c(C(=O)NN=C2CCc3ccccc32)nnn1-c1nonc1N. The van der Waals surface area contributed by atoms with Crippen molar-refractivity contribution in [1.82, 2.24) is 45.5 Å². The van der Waals surface area contributed by atoms with Gasteiger partial charge in [-0.15, -0.1) is 15.3 Å². The van der Waals surface area contributed by atoms with Crippen LogP contribution >= 0.6 is 11.8 Å². The molecule has 0 radical (unpaired) electrons. The molecular weight excluding hydrogens is 434 g/mol. The number of hydrogen-bond acceptors (Lipinski definition) is 11. The lowest BCUT2D eigenvalue weighted by molar-refractivity contribution is 0.0949. The highest BCUT2D eigenvalue weighted by Crippen LogP contribution is 2.25. The molecule has 0 saturated heterocycles. The van der Waals surface area contributed by atoms with Crippen molar-refractivity contribution in [3.8, 4) is 5.82 Å². The van der Waals surface area contributed by atoms with Crippen molar-refractivity contribution in [1.29, 1.82) is 0 Å². The fourth-order valence-electron chi connectivity index (χ4n) is 3.35. The molecule has 32 heavy (non-hydrogen) atoms. The van der Waals surface area contributed by atoms with Gasteiger partial charge >= 0.3 is 0 Å². The zero-order valence-electron chi connectivity index (χ0n) is 16.8. The number of rotatable bonds is 6. The number of anilines is 1. The second-order valence-corrected chi connectivity index (χ2v) is 7.88. The highest BCUT2D eigenvalue weighted by atomic mass is 32.2. The molecule has 13 nitrogen and oxygen atoms in total. The average molecular weight is 451 g/mol. The Balaban J connectivity index is 1.43. The van der Waals surface area contributed by atoms with Crippen molar-refractivity contribution in [2.45, 2.75) is 23.8 Å². The monoisotopic (exact) mass is 451 g/mol. The van der Waals surface area contributed by atoms with E-state index in [9.17, 15) is 4.79 Å². The van der Waals surface area contributed by atoms with E-state index in [-0.39, 0.29) is 23.1 Å². The van der Waals surface area contributed by atoms with Gasteiger partial charge in [-0.25, -0.2) is 10.1 Å². The lowest BCUT2D eigenvalue weighted by Crippen LogP contribution is -2.21. The molecule has 1 aliphatic carbocycles. The van der Waals surface area contributed by atoms with Crippen LogP contribution < -0.4 is 11.2 Å². The zero-order valence-corrected chi connectivity index (χ0v) is 17.7. The molecule has 0 aliphatic heterocycles. The van der Waals surface area contributed by atoms with Crippen molar-refractivity contribution in [2.75, 3.05) is 5.73 Å². The molecule has 5 rings (SSSR count). The van der Waals surface area contributed by atoms with Gasteiger partial charge in [0.1, 0.15) is 6.33 Å². The van der Waals surface area contributed by atoms with E-state index in [0.29, 0.717) is 10.9 Å². The highest BCUT2D eigenvalue weighted by molar-refractivity contribution is 7.98. The summed E-state index contributed by atoms with van der Waals surface area (Å²) >= 11 is 1.35. The van der Waals surface area contributed by atoms with Gasteiger partial charge in [-0.1, -0.05) is 41.2 Å². The van der Waals surface area contributed by atoms with E-state index in [4.69, 9.17) is 5.73 Å². The molecule has 3 aromatic heterocycles. The summed E-state index contributed by atoms with van der Waals surface area (Å²) in [5.74, 6) is -0.0546. The number of fused-ring (bicyclic) bond motifs is 1. The summed E-state index contributed by atoms with van der Waals surface area (Å²) in [6.07, 6.45) is 3.22. The van der Waals surface area contributed by atoms with Crippen LogP contribution in [-0.2, 0) is 19.2 Å². The Morgan fingerprint density at radius 2 is 2.16 bits per heavy atom. The summed E-state index contributed by atoms with van der Waals surface area (Å²) in [6.45, 7) is 0. The van der Waals surface area contributed by atoms with Crippen molar-refractivity contribution >= 4 is 29.2 Å². The molecule has 1 aliphatic rings. The van der Waals surface area contributed by atoms with Crippen LogP contribution in [0, 0.1) is 0 Å². The Morgan fingerprint density at radius 3 is 2.94 bits per heavy atom. The summed E-state index contributed by atoms with van der Waals surface area (Å²) in [4.78, 5) is 13.0. The van der Waals surface area contributed by atoms with Gasteiger partial charge in [0.15, 0.2) is 10.9 Å². The molecule has 0 saturated carbocycles. The number of nitrogens with one attached hydrogen (secondary N) is 1. The van der Waals surface area contributed by atoms with Gasteiger partial charge in [0.25, 0.3) is 5.91 Å². The molecular formula is C18H17N11O2S. The maximum absolute atomic E-state index is 13.0. The summed E-state index contributed by atoms with van der Waals surface area (Å²) in [6, 6.07) is 7.99. The summed E-state index contributed by atoms with van der Waals surface area (Å²) < 4.78 is 7.75. The quantitative estimate of drug-likeness (QED) is 0.315. The summed E-state index contributed by atoms with van der Waals surface area (Å²) in [5, 5.41) is 28.3. The minimum absolute atomic E-state index is 0.0228. The van der Waals surface area contributed by atoms with Gasteiger partial charge in [-0.2, -0.15) is 9.78 Å². The van der Waals surface area contributed by atoms with Crippen LogP contribution in [0.25, 0.3) is 5.82 Å². The van der Waals surface area contributed by atoms with Crippen molar-refractivity contribution in [3.05, 3.63) is 53.1 Å². The van der Waals surface area contributed by atoms with Gasteiger partial charge < -0.3 is 10.3 Å². The number of carbonyl (C=O) groups excluding carboxylic acids is 1. The second kappa shape index (κ2) is 8.22. The van der Waals surface area contributed by atoms with Gasteiger partial charge in [0, 0.05) is 18.4 Å². The minimum atomic E-state index is -0.503. The molecule has 0 fully saturated rings. The van der Waals surface area contributed by atoms with Gasteiger partial charge in [-0.05, 0) is 28.7 Å². The molecule has 4 aromatic rings. The maximum atomic E-state index is 13.0. The minimum Gasteiger partial charge on any atom is -0.378 e. The fraction of sp³-hybridized carbons (Fsp3) is 0.222. The third-order valence-corrected chi connectivity index (χ3v) is 5.98. The Labute approximate surface area is 185 Å². The van der Waals surface area contributed by atoms with Gasteiger partial charge in [-0.3, -0.25) is 4.79 Å². The second-order valence-electron chi connectivity index (χ2n) is 6.94. The average Bonchev–Trinajstić information content (AvgIpc) is 3.57. The molecule has 3 heterocycles. The number of nitrogens with zero attached hydrogens (tertiary/aromatic N) is 9. The number of thioether (sulfide) groups is 1. The molecule has 162 valence electrons. The molecule has 0 spiro atoms. The van der Waals surface area contributed by atoms with E-state index in [1.165, 1.54) is 22.0 Å². The predicted molar refractivity (Wildman–Crippen MR) is 113 cm³/mol. The van der Waals surface area contributed by atoms with E-state index in [1.54, 1.807) is 10.9 Å². The Hall–Kier alpha value is -4.07. The van der Waals surface area contributed by atoms with Crippen molar-refractivity contribution in [2.24, 2.45) is 12.1 Å². The maximum Gasteiger partial charge on any atom is 0.293 e. The number of benzene rings is 1. The van der Waals surface area contributed by atoms with Crippen LogP contribution in [0.2, 0.25) is 0 Å². The van der Waals surface area contributed by atoms with E-state index >= 15 is 0 Å². The third kappa shape index (κ3) is 3.60. The van der Waals surface area contributed by atoms with Crippen LogP contribution in [0.3, 0.4) is 0 Å². The lowest BCUT2D eigenvalue weighted by atomic mass is 10.1. The summed E-state index contributed by atoms with van der Waals surface area (Å²) in [5.41, 5.74) is 12.0. The normalized spacial score (nSPS) is 14.1. The Kier molecular flexibility index (Phi) is 5.10. The van der Waals surface area contributed by atoms with E-state index in [0.717, 1.165) is 24.1 Å². The molecule has 1 amide bonds. The molecule has 0 unspecified atom stereocenters. The van der Waals surface area contributed by atoms with Crippen molar-refractivity contribution in [3.63, 3.8) is 0 Å². The largest absolute Gasteiger partial charge is 0.378 e. The Morgan fingerprint density at radius 1 is 1.28 bits per heavy atom. The number of carbonyl (C=O) groups is 1. The third-order valence-electron chi connectivity index (χ3n) is 4.93. The first kappa shape index (κ1) is 19.9. The van der Waals surface area contributed by atoms with E-state index < -0.39 is 5.91 Å². The lowest BCUT2D eigenvalue weighted by Gasteiger charge is -2.06. The Bertz CT molecular complexity index is 1320. The number of nitrogen functional groups attached to an aromatic ring is 1.